The number of nitrogens with zero attached hydrogens (tertiary/aromatic N) is 1. The Morgan fingerprint density at radius 3 is 2.21 bits per heavy atom. The minimum Gasteiger partial charge on any atom is -0.497 e. The molecule has 2 aromatic carbocycles. The van der Waals surface area contributed by atoms with Gasteiger partial charge in [-0.1, -0.05) is 18.2 Å². The van der Waals surface area contributed by atoms with Crippen molar-refractivity contribution in [2.75, 3.05) is 20.2 Å². The summed E-state index contributed by atoms with van der Waals surface area (Å²) in [6.07, 6.45) is 4.99. The maximum Gasteiger partial charge on any atom is 0.129 e. The minimum absolute atomic E-state index is 0. The molecule has 1 N–H and O–H groups in total. The fraction of sp³-hybridized carbons (Fsp3) is 0.350. The van der Waals surface area contributed by atoms with Gasteiger partial charge in [-0.2, -0.15) is 0 Å². The lowest BCUT2D eigenvalue weighted by Crippen LogP contribution is -2.21. The van der Waals surface area contributed by atoms with E-state index in [1.54, 1.807) is 7.11 Å². The van der Waals surface area contributed by atoms with Gasteiger partial charge in [0.2, 0.25) is 0 Å². The molecule has 126 valence electrons. The summed E-state index contributed by atoms with van der Waals surface area (Å²) in [5.74, 6) is 1.94. The normalized spacial score (nSPS) is 15.8. The van der Waals surface area contributed by atoms with Crippen molar-refractivity contribution in [2.45, 2.75) is 25.7 Å². The van der Waals surface area contributed by atoms with Gasteiger partial charge in [-0.25, -0.2) is 0 Å². The molecule has 0 radical (unpaired) electrons. The Kier molecular flexibility index (Phi) is 5.43. The molecule has 0 amide bonds. The maximum absolute atomic E-state index is 5.29. The largest absolute Gasteiger partial charge is 0.497 e. The zero-order valence-electron chi connectivity index (χ0n) is 14.0. The molecule has 0 saturated carbocycles. The molecule has 2 aromatic rings. The van der Waals surface area contributed by atoms with Crippen molar-refractivity contribution in [1.29, 1.82) is 0 Å². The monoisotopic (exact) mass is 434 g/mol. The molecule has 0 unspecified atom stereocenters. The third-order valence-electron chi connectivity index (χ3n) is 4.81. The van der Waals surface area contributed by atoms with E-state index in [4.69, 9.17) is 4.74 Å². The molecular weight excluding hydrogens is 411 g/mol. The Morgan fingerprint density at radius 1 is 0.958 bits per heavy atom. The lowest BCUT2D eigenvalue weighted by Gasteiger charge is -2.20. The fourth-order valence-electron chi connectivity index (χ4n) is 3.57. The topological polar surface area (TPSA) is 33.6 Å². The Labute approximate surface area is 160 Å². The number of ether oxygens (including phenoxy) is 1. The molecule has 1 aliphatic carbocycles. The molecule has 0 saturated heterocycles. The van der Waals surface area contributed by atoms with E-state index < -0.39 is 0 Å². The van der Waals surface area contributed by atoms with Crippen LogP contribution in [0.3, 0.4) is 0 Å². The highest BCUT2D eigenvalue weighted by molar-refractivity contribution is 14.0. The van der Waals surface area contributed by atoms with Crippen LogP contribution in [0, 0.1) is 0 Å². The van der Waals surface area contributed by atoms with Crippen LogP contribution >= 0.6 is 24.0 Å². The first kappa shape index (κ1) is 17.3. The molecule has 1 aliphatic heterocycles. The van der Waals surface area contributed by atoms with Crippen molar-refractivity contribution < 1.29 is 4.74 Å². The van der Waals surface area contributed by atoms with E-state index in [9.17, 15) is 0 Å². The number of methoxy groups -OCH3 is 1. The summed E-state index contributed by atoms with van der Waals surface area (Å²) < 4.78 is 5.29. The second-order valence-corrected chi connectivity index (χ2v) is 6.26. The number of halogens is 1. The smallest absolute Gasteiger partial charge is 0.129 e. The van der Waals surface area contributed by atoms with Gasteiger partial charge in [0.15, 0.2) is 0 Å². The van der Waals surface area contributed by atoms with Crippen LogP contribution in [0.15, 0.2) is 41.4 Å². The Hall–Kier alpha value is -1.56. The summed E-state index contributed by atoms with van der Waals surface area (Å²) in [6, 6.07) is 13.1. The van der Waals surface area contributed by atoms with Crippen LogP contribution in [0.4, 0.5) is 0 Å². The van der Waals surface area contributed by atoms with Crippen molar-refractivity contribution in [3.63, 3.8) is 0 Å². The molecule has 1 heterocycles. The third-order valence-corrected chi connectivity index (χ3v) is 4.81. The molecule has 24 heavy (non-hydrogen) atoms. The van der Waals surface area contributed by atoms with Gasteiger partial charge in [0.1, 0.15) is 11.6 Å². The van der Waals surface area contributed by atoms with Gasteiger partial charge in [-0.3, -0.25) is 4.99 Å². The van der Waals surface area contributed by atoms with E-state index >= 15 is 0 Å². The number of hydrogen-bond donors (Lipinski definition) is 1. The van der Waals surface area contributed by atoms with Crippen LogP contribution in [0.25, 0.3) is 11.1 Å². The zero-order chi connectivity index (χ0) is 15.6. The number of benzene rings is 2. The first-order valence-electron chi connectivity index (χ1n) is 8.44. The SMILES string of the molecule is COc1ccc(-c2cc3c(cc2C2=NCCN2)CCCC3)cc1.I. The van der Waals surface area contributed by atoms with E-state index in [1.165, 1.54) is 53.5 Å². The molecule has 0 spiro atoms. The molecule has 2 aliphatic rings. The summed E-state index contributed by atoms with van der Waals surface area (Å²) in [6.45, 7) is 1.81. The van der Waals surface area contributed by atoms with Gasteiger partial charge < -0.3 is 10.1 Å². The van der Waals surface area contributed by atoms with E-state index in [2.05, 4.69) is 34.6 Å². The first-order valence-corrected chi connectivity index (χ1v) is 8.44. The van der Waals surface area contributed by atoms with Crippen molar-refractivity contribution >= 4 is 29.8 Å². The molecule has 4 heteroatoms. The van der Waals surface area contributed by atoms with Gasteiger partial charge in [-0.05, 0) is 66.1 Å². The van der Waals surface area contributed by atoms with Gasteiger partial charge >= 0.3 is 0 Å². The van der Waals surface area contributed by atoms with Crippen molar-refractivity contribution in [2.24, 2.45) is 4.99 Å². The summed E-state index contributed by atoms with van der Waals surface area (Å²) in [5.41, 5.74) is 6.75. The summed E-state index contributed by atoms with van der Waals surface area (Å²) in [4.78, 5) is 4.66. The number of fused-ring (bicyclic) bond motifs is 1. The lowest BCUT2D eigenvalue weighted by atomic mass is 9.86. The van der Waals surface area contributed by atoms with Crippen molar-refractivity contribution in [3.05, 3.63) is 53.1 Å². The van der Waals surface area contributed by atoms with Gasteiger partial charge in [-0.15, -0.1) is 24.0 Å². The van der Waals surface area contributed by atoms with Crippen molar-refractivity contribution in [3.8, 4) is 16.9 Å². The van der Waals surface area contributed by atoms with Crippen LogP contribution in [-0.2, 0) is 12.8 Å². The Balaban J connectivity index is 0.00000169. The number of aliphatic imine (C=N–C) groups is 1. The number of hydrogen-bond acceptors (Lipinski definition) is 3. The lowest BCUT2D eigenvalue weighted by molar-refractivity contribution is 0.415. The predicted octanol–water partition coefficient (Wildman–Crippen LogP) is 4.21. The van der Waals surface area contributed by atoms with Gasteiger partial charge in [0, 0.05) is 12.1 Å². The van der Waals surface area contributed by atoms with E-state index in [0.29, 0.717) is 0 Å². The second-order valence-electron chi connectivity index (χ2n) is 6.26. The summed E-state index contributed by atoms with van der Waals surface area (Å²) in [7, 11) is 1.70. The third kappa shape index (κ3) is 3.29. The van der Waals surface area contributed by atoms with E-state index in [1.807, 2.05) is 12.1 Å². The van der Waals surface area contributed by atoms with E-state index in [-0.39, 0.29) is 24.0 Å². The summed E-state index contributed by atoms with van der Waals surface area (Å²) >= 11 is 0. The number of nitrogens with one attached hydrogen (secondary N) is 1. The van der Waals surface area contributed by atoms with Gasteiger partial charge in [0.25, 0.3) is 0 Å². The van der Waals surface area contributed by atoms with Gasteiger partial charge in [0.05, 0.1) is 13.7 Å². The second kappa shape index (κ2) is 7.55. The molecule has 0 aromatic heterocycles. The fourth-order valence-corrected chi connectivity index (χ4v) is 3.57. The maximum atomic E-state index is 5.29. The molecule has 3 nitrogen and oxygen atoms in total. The average molecular weight is 434 g/mol. The van der Waals surface area contributed by atoms with Crippen LogP contribution in [0.5, 0.6) is 5.75 Å². The Bertz CT molecular complexity index is 753. The van der Waals surface area contributed by atoms with Crippen LogP contribution in [0.1, 0.15) is 29.5 Å². The summed E-state index contributed by atoms with van der Waals surface area (Å²) in [5, 5.41) is 3.44. The average Bonchev–Trinajstić information content (AvgIpc) is 3.15. The number of amidine groups is 1. The minimum atomic E-state index is 0. The standard InChI is InChI=1S/C20H22N2O.HI/c1-23-17-8-6-14(7-9-17)18-12-15-4-2-3-5-16(15)13-19(18)20-21-10-11-22-20;/h6-9,12-13H,2-5,10-11H2,1H3,(H,21,22);1H. The first-order chi connectivity index (χ1) is 11.3. The van der Waals surface area contributed by atoms with Crippen molar-refractivity contribution in [1.82, 2.24) is 5.32 Å². The van der Waals surface area contributed by atoms with E-state index in [0.717, 1.165) is 24.7 Å². The van der Waals surface area contributed by atoms with Crippen LogP contribution in [0.2, 0.25) is 0 Å². The molecule has 0 bridgehead atoms. The molecular formula is C20H23IN2O. The van der Waals surface area contributed by atoms with Crippen LogP contribution < -0.4 is 10.1 Å². The Morgan fingerprint density at radius 2 is 1.62 bits per heavy atom. The molecule has 4 rings (SSSR count). The highest BCUT2D eigenvalue weighted by Crippen LogP contribution is 2.32. The predicted molar refractivity (Wildman–Crippen MR) is 110 cm³/mol. The van der Waals surface area contributed by atoms with Crippen LogP contribution in [-0.4, -0.2) is 26.0 Å². The molecule has 0 fully saturated rings. The quantitative estimate of drug-likeness (QED) is 0.735. The highest BCUT2D eigenvalue weighted by atomic mass is 127. The number of rotatable bonds is 3. The highest BCUT2D eigenvalue weighted by Gasteiger charge is 2.19. The number of aryl methyl sites for hydroxylation is 2. The molecule has 0 atom stereocenters. The zero-order valence-corrected chi connectivity index (χ0v) is 16.3.